The van der Waals surface area contributed by atoms with E-state index in [4.69, 9.17) is 14.7 Å². The number of likely N-dealkylation sites (tertiary alicyclic amines) is 1. The summed E-state index contributed by atoms with van der Waals surface area (Å²) in [6.07, 6.45) is 7.60. The summed E-state index contributed by atoms with van der Waals surface area (Å²) in [4.78, 5) is 14.8. The van der Waals surface area contributed by atoms with Crippen molar-refractivity contribution in [3.63, 3.8) is 0 Å². The lowest BCUT2D eigenvalue weighted by Gasteiger charge is -2.41. The normalized spacial score (nSPS) is 16.9. The molecule has 6 rings (SSSR count). The molecule has 0 aliphatic carbocycles. The van der Waals surface area contributed by atoms with Crippen LogP contribution in [0.25, 0.3) is 10.9 Å². The minimum Gasteiger partial charge on any atom is -0.494 e. The summed E-state index contributed by atoms with van der Waals surface area (Å²) in [5.41, 5.74) is 3.08. The van der Waals surface area contributed by atoms with Crippen molar-refractivity contribution >= 4 is 49.6 Å². The summed E-state index contributed by atoms with van der Waals surface area (Å²) >= 11 is 0. The molecular formula is C32H38N6O3S. The van der Waals surface area contributed by atoms with E-state index in [9.17, 15) is 8.42 Å². The van der Waals surface area contributed by atoms with Gasteiger partial charge in [0.2, 0.25) is 5.95 Å². The number of anilines is 5. The summed E-state index contributed by atoms with van der Waals surface area (Å²) in [7, 11) is -1.77. The van der Waals surface area contributed by atoms with Gasteiger partial charge in [-0.1, -0.05) is 30.7 Å². The van der Waals surface area contributed by atoms with Crippen LogP contribution in [0.1, 0.15) is 32.1 Å². The zero-order chi connectivity index (χ0) is 29.1. The van der Waals surface area contributed by atoms with Gasteiger partial charge >= 0.3 is 0 Å². The molecule has 10 heteroatoms. The van der Waals surface area contributed by atoms with Crippen molar-refractivity contribution in [1.29, 1.82) is 0 Å². The van der Waals surface area contributed by atoms with Gasteiger partial charge in [0.15, 0.2) is 9.84 Å². The van der Waals surface area contributed by atoms with E-state index < -0.39 is 9.84 Å². The Labute approximate surface area is 247 Å². The van der Waals surface area contributed by atoms with Crippen LogP contribution in [0.4, 0.5) is 28.8 Å². The van der Waals surface area contributed by atoms with E-state index in [1.807, 2.05) is 30.3 Å². The molecule has 9 nitrogen and oxygen atoms in total. The lowest BCUT2D eigenvalue weighted by atomic mass is 9.99. The topological polar surface area (TPSA) is 99.7 Å². The average molecular weight is 587 g/mol. The molecule has 3 heterocycles. The predicted octanol–water partition coefficient (Wildman–Crippen LogP) is 5.98. The molecule has 2 aliphatic rings. The molecule has 42 heavy (non-hydrogen) atoms. The summed E-state index contributed by atoms with van der Waals surface area (Å²) in [6, 6.07) is 21.4. The van der Waals surface area contributed by atoms with Gasteiger partial charge in [-0.05, 0) is 75.2 Å². The maximum Gasteiger partial charge on any atom is 0.229 e. The van der Waals surface area contributed by atoms with Crippen LogP contribution in [0.5, 0.6) is 5.75 Å². The van der Waals surface area contributed by atoms with Gasteiger partial charge in [-0.25, -0.2) is 13.4 Å². The number of nitrogens with zero attached hydrogens (tertiary/aromatic N) is 4. The number of aromatic nitrogens is 2. The molecule has 3 aromatic carbocycles. The number of sulfone groups is 1. The first kappa shape index (κ1) is 28.2. The lowest BCUT2D eigenvalue weighted by molar-refractivity contribution is 0.141. The van der Waals surface area contributed by atoms with E-state index in [1.165, 1.54) is 51.4 Å². The van der Waals surface area contributed by atoms with E-state index in [1.54, 1.807) is 31.4 Å². The van der Waals surface area contributed by atoms with Crippen molar-refractivity contribution in [2.24, 2.45) is 0 Å². The first-order valence-corrected chi connectivity index (χ1v) is 16.5. The van der Waals surface area contributed by atoms with Crippen LogP contribution in [0.3, 0.4) is 0 Å². The molecule has 0 amide bonds. The van der Waals surface area contributed by atoms with Crippen molar-refractivity contribution in [3.05, 3.63) is 66.7 Å². The van der Waals surface area contributed by atoms with Crippen molar-refractivity contribution in [1.82, 2.24) is 14.9 Å². The van der Waals surface area contributed by atoms with Gasteiger partial charge in [0.1, 0.15) is 11.6 Å². The number of hydrogen-bond donors (Lipinski definition) is 2. The standard InChI is InChI=1S/C32H38N6O3S/c1-41-29-22-24(38-20-16-23(17-21-38)37-18-8-3-9-19-37)14-15-27(29)35-32-34-26-11-5-4-10-25(26)31(36-32)33-28-12-6-7-13-30(28)42(2,39)40/h4-7,10-15,22-23H,3,8-9,16-21H2,1-2H3,(H2,33,34,35,36). The summed E-state index contributed by atoms with van der Waals surface area (Å²) < 4.78 is 30.6. The van der Waals surface area contributed by atoms with Gasteiger partial charge in [-0.15, -0.1) is 0 Å². The minimum absolute atomic E-state index is 0.208. The smallest absolute Gasteiger partial charge is 0.229 e. The maximum atomic E-state index is 12.4. The highest BCUT2D eigenvalue weighted by Gasteiger charge is 2.26. The second-order valence-corrected chi connectivity index (χ2v) is 13.1. The first-order chi connectivity index (χ1) is 20.4. The number of ether oxygens (including phenoxy) is 1. The highest BCUT2D eigenvalue weighted by atomic mass is 32.2. The zero-order valence-corrected chi connectivity index (χ0v) is 25.0. The predicted molar refractivity (Wildman–Crippen MR) is 169 cm³/mol. The molecule has 2 saturated heterocycles. The third-order valence-corrected chi connectivity index (χ3v) is 9.47. The Kier molecular flexibility index (Phi) is 8.17. The molecule has 0 radical (unpaired) electrons. The van der Waals surface area contributed by atoms with Crippen molar-refractivity contribution in [2.75, 3.05) is 55.1 Å². The third-order valence-electron chi connectivity index (χ3n) is 8.31. The largest absolute Gasteiger partial charge is 0.494 e. The summed E-state index contributed by atoms with van der Waals surface area (Å²) in [5.74, 6) is 1.59. The van der Waals surface area contributed by atoms with Crippen molar-refractivity contribution in [2.45, 2.75) is 43.0 Å². The van der Waals surface area contributed by atoms with Crippen LogP contribution in [-0.4, -0.2) is 68.9 Å². The number of benzene rings is 3. The van der Waals surface area contributed by atoms with E-state index >= 15 is 0 Å². The van der Waals surface area contributed by atoms with Crippen LogP contribution in [0, 0.1) is 0 Å². The monoisotopic (exact) mass is 586 g/mol. The number of fused-ring (bicyclic) bond motifs is 1. The van der Waals surface area contributed by atoms with E-state index in [0.717, 1.165) is 35.4 Å². The molecule has 0 bridgehead atoms. The molecule has 2 fully saturated rings. The molecule has 220 valence electrons. The van der Waals surface area contributed by atoms with E-state index in [2.05, 4.69) is 32.6 Å². The van der Waals surface area contributed by atoms with Crippen molar-refractivity contribution < 1.29 is 13.2 Å². The molecule has 1 aromatic heterocycles. The second-order valence-electron chi connectivity index (χ2n) is 11.1. The Morgan fingerprint density at radius 2 is 1.57 bits per heavy atom. The molecule has 4 aromatic rings. The maximum absolute atomic E-state index is 12.4. The van der Waals surface area contributed by atoms with E-state index in [-0.39, 0.29) is 4.90 Å². The molecule has 0 atom stereocenters. The van der Waals surface area contributed by atoms with Gasteiger partial charge in [-0.2, -0.15) is 4.98 Å². The number of para-hydroxylation sites is 2. The number of rotatable bonds is 8. The van der Waals surface area contributed by atoms with E-state index in [0.29, 0.717) is 29.2 Å². The molecule has 2 aliphatic heterocycles. The highest BCUT2D eigenvalue weighted by molar-refractivity contribution is 7.90. The summed E-state index contributed by atoms with van der Waals surface area (Å²) in [6.45, 7) is 4.57. The quantitative estimate of drug-likeness (QED) is 0.258. The first-order valence-electron chi connectivity index (χ1n) is 14.7. The van der Waals surface area contributed by atoms with Crippen LogP contribution in [0.15, 0.2) is 71.6 Å². The Morgan fingerprint density at radius 3 is 2.33 bits per heavy atom. The third kappa shape index (κ3) is 6.15. The molecule has 0 saturated carbocycles. The minimum atomic E-state index is -3.44. The Balaban J connectivity index is 1.23. The van der Waals surface area contributed by atoms with Crippen LogP contribution in [-0.2, 0) is 9.84 Å². The summed E-state index contributed by atoms with van der Waals surface area (Å²) in [5, 5.41) is 7.36. The van der Waals surface area contributed by atoms with Gasteiger partial charge in [0.05, 0.1) is 28.9 Å². The zero-order valence-electron chi connectivity index (χ0n) is 24.2. The number of hydrogen-bond acceptors (Lipinski definition) is 9. The van der Waals surface area contributed by atoms with Crippen LogP contribution >= 0.6 is 0 Å². The fourth-order valence-electron chi connectivity index (χ4n) is 6.12. The number of methoxy groups -OCH3 is 1. The molecule has 0 spiro atoms. The van der Waals surface area contributed by atoms with Crippen LogP contribution in [0.2, 0.25) is 0 Å². The average Bonchev–Trinajstić information content (AvgIpc) is 3.01. The van der Waals surface area contributed by atoms with Crippen LogP contribution < -0.4 is 20.3 Å². The highest BCUT2D eigenvalue weighted by Crippen LogP contribution is 2.35. The van der Waals surface area contributed by atoms with Crippen molar-refractivity contribution in [3.8, 4) is 5.75 Å². The number of nitrogens with one attached hydrogen (secondary N) is 2. The van der Waals surface area contributed by atoms with Gasteiger partial charge < -0.3 is 25.2 Å². The van der Waals surface area contributed by atoms with Gasteiger partial charge in [0.25, 0.3) is 0 Å². The Morgan fingerprint density at radius 1 is 0.833 bits per heavy atom. The molecular weight excluding hydrogens is 548 g/mol. The molecule has 0 unspecified atom stereocenters. The van der Waals surface area contributed by atoms with Gasteiger partial charge in [0, 0.05) is 42.5 Å². The Hall–Kier alpha value is -3.89. The molecule has 2 N–H and O–H groups in total. The van der Waals surface area contributed by atoms with Gasteiger partial charge in [-0.3, -0.25) is 0 Å². The fraction of sp³-hybridized carbons (Fsp3) is 0.375. The second kappa shape index (κ2) is 12.1. The lowest BCUT2D eigenvalue weighted by Crippen LogP contribution is -2.46. The Bertz CT molecular complexity index is 1660. The fourth-order valence-corrected chi connectivity index (χ4v) is 6.97. The number of piperidine rings is 2. The SMILES string of the molecule is COc1cc(N2CCC(N3CCCCC3)CC2)ccc1Nc1nc(Nc2ccccc2S(C)(=O)=O)c2ccccc2n1.